The smallest absolute Gasteiger partial charge is 0.293 e. The zero-order valence-corrected chi connectivity index (χ0v) is 71.6. The topological polar surface area (TPSA) is 354 Å². The largest absolute Gasteiger partial charge is 0.394 e. The number of hydrogen-bond acceptors (Lipinski definition) is 18. The predicted molar refractivity (Wildman–Crippen MR) is 488 cm³/mol. The Morgan fingerprint density at radius 2 is 0.754 bits per heavy atom. The van der Waals surface area contributed by atoms with Crippen molar-refractivity contribution in [2.45, 2.75) is 95.5 Å². The summed E-state index contributed by atoms with van der Waals surface area (Å²) in [5, 5.41) is 61.1. The molecule has 0 saturated carbocycles. The van der Waals surface area contributed by atoms with Crippen LogP contribution >= 0.6 is 46.4 Å². The molecule has 8 N–H and O–H groups in total. The number of carbonyl (C=O) groups is 5. The highest BCUT2D eigenvalue weighted by atomic mass is 35.5. The summed E-state index contributed by atoms with van der Waals surface area (Å²) in [7, 11) is 0. The lowest BCUT2D eigenvalue weighted by Gasteiger charge is -2.18. The molecule has 0 spiro atoms. The number of nitro groups is 1. The van der Waals surface area contributed by atoms with E-state index in [9.17, 15) is 44.3 Å². The van der Waals surface area contributed by atoms with Gasteiger partial charge in [-0.1, -0.05) is 212 Å². The number of nitrogens with zero attached hydrogens (tertiary/aromatic N) is 8. The van der Waals surface area contributed by atoms with E-state index in [-0.39, 0.29) is 89.9 Å². The number of rotatable bonds is 22. The maximum atomic E-state index is 12.9. The number of halogens is 4. The number of nitro benzene ring substituents is 1. The molecular formula is C96H91Cl4N13O13. The number of nitrogens with one attached hydrogen (secondary N) is 5. The molecule has 4 amide bonds. The monoisotopic (exact) mass is 1770 g/mol. The molecule has 0 fully saturated rings. The molecule has 0 bridgehead atoms. The Balaban J connectivity index is 0.000000145. The van der Waals surface area contributed by atoms with Crippen molar-refractivity contribution in [2.24, 2.45) is 0 Å². The Kier molecular flexibility index (Phi) is 33.7. The first-order valence-corrected chi connectivity index (χ1v) is 42.4. The van der Waals surface area contributed by atoms with Gasteiger partial charge in [0.05, 0.1) is 155 Å². The van der Waals surface area contributed by atoms with Crippen LogP contribution in [0.15, 0.2) is 261 Å². The van der Waals surface area contributed by atoms with Gasteiger partial charge in [-0.15, -0.1) is 46.4 Å². The van der Waals surface area contributed by atoms with Crippen LogP contribution in [0.4, 0.5) is 11.4 Å². The third-order valence-corrected chi connectivity index (χ3v) is 21.1. The van der Waals surface area contributed by atoms with Crippen molar-refractivity contribution in [3.05, 3.63) is 338 Å². The summed E-state index contributed by atoms with van der Waals surface area (Å²) in [4.78, 5) is 85.7. The van der Waals surface area contributed by atoms with Crippen LogP contribution in [-0.4, -0.2) is 141 Å². The fourth-order valence-electron chi connectivity index (χ4n) is 14.5. The number of aliphatic hydroxyl groups is 3. The van der Waals surface area contributed by atoms with Gasteiger partial charge in [0.25, 0.3) is 29.3 Å². The summed E-state index contributed by atoms with van der Waals surface area (Å²) in [6, 6.07) is 82.3. The molecule has 0 aliphatic carbocycles. The number of aliphatic hydroxyl groups excluding tert-OH is 3. The van der Waals surface area contributed by atoms with Crippen LogP contribution in [0, 0.1) is 21.4 Å². The number of amides is 4. The van der Waals surface area contributed by atoms with E-state index in [4.69, 9.17) is 85.9 Å². The first-order valence-electron chi connectivity index (χ1n) is 40.3. The molecule has 7 heterocycles. The number of nitriles is 1. The van der Waals surface area contributed by atoms with E-state index < -0.39 is 4.92 Å². The van der Waals surface area contributed by atoms with Gasteiger partial charge in [-0.05, 0) is 81.4 Å². The number of aromatic nitrogens is 6. The second-order valence-electron chi connectivity index (χ2n) is 29.2. The Bertz CT molecular complexity index is 5870. The Labute approximate surface area is 746 Å². The summed E-state index contributed by atoms with van der Waals surface area (Å²) >= 11 is 21.3. The summed E-state index contributed by atoms with van der Waals surface area (Å²) in [6.45, 7) is 5.89. The van der Waals surface area contributed by atoms with Gasteiger partial charge in [-0.2, -0.15) is 5.26 Å². The van der Waals surface area contributed by atoms with Gasteiger partial charge in [0.2, 0.25) is 0 Å². The van der Waals surface area contributed by atoms with E-state index in [0.717, 1.165) is 112 Å². The van der Waals surface area contributed by atoms with Crippen LogP contribution in [0.1, 0.15) is 97.7 Å². The van der Waals surface area contributed by atoms with Crippen LogP contribution in [0.5, 0.6) is 0 Å². The van der Waals surface area contributed by atoms with Crippen molar-refractivity contribution in [1.82, 2.24) is 49.9 Å². The minimum absolute atomic E-state index is 0.0000925. The Morgan fingerprint density at radius 1 is 0.437 bits per heavy atom. The lowest BCUT2D eigenvalue weighted by molar-refractivity contribution is -0.384. The molecule has 30 heteroatoms. The minimum atomic E-state index is -0.495. The minimum Gasteiger partial charge on any atom is -0.394 e. The summed E-state index contributed by atoms with van der Waals surface area (Å²) < 4.78 is 23.8. The second-order valence-corrected chi connectivity index (χ2v) is 30.6. The summed E-state index contributed by atoms with van der Waals surface area (Å²) in [6.07, 6.45) is 0.779. The van der Waals surface area contributed by atoms with Crippen molar-refractivity contribution in [3.8, 4) is 40.2 Å². The van der Waals surface area contributed by atoms with Crippen LogP contribution in [-0.2, 0) is 78.6 Å². The number of imidazole rings is 3. The highest BCUT2D eigenvalue weighted by Gasteiger charge is 2.32. The van der Waals surface area contributed by atoms with Gasteiger partial charge in [0, 0.05) is 73.2 Å². The normalized spacial score (nSPS) is 15.0. The summed E-state index contributed by atoms with van der Waals surface area (Å²) in [5.74, 6) is 2.64. The number of benzene rings is 11. The quantitative estimate of drug-likeness (QED) is 0.0135. The highest BCUT2D eigenvalue weighted by molar-refractivity contribution is 6.40. The van der Waals surface area contributed by atoms with Crippen LogP contribution < -0.4 is 26.6 Å². The van der Waals surface area contributed by atoms with E-state index in [2.05, 4.69) is 35.7 Å². The van der Waals surface area contributed by atoms with E-state index >= 15 is 0 Å². The SMILES string of the molecule is CC#N.ClCCl.O=C1N[C@@H](CO)Cn2c(-c3ccc(CCl)cc3)nc3cccc1c32.O=C1N[C@@H](COCc2ccccc2)CNc2c1cccc2[N+](=O)[O-].O=C1N[C@@H](COCc2ccccc2)Cn2c(-c3ccc(CCl)cc3)nc3cccc1c32.O=C1N[C@@H](COCc2ccccc2)Cn2c(-c3ccc(CO)cc3)nc3cccc1c32.O=Cc1ccc(CO)cc1. The van der Waals surface area contributed by atoms with Gasteiger partial charge in [-0.3, -0.25) is 34.1 Å². The van der Waals surface area contributed by atoms with Crippen LogP contribution in [0.25, 0.3) is 67.3 Å². The van der Waals surface area contributed by atoms with Gasteiger partial charge in [-0.25, -0.2) is 15.0 Å². The fraction of sp³-hybridized carbons (Fsp3) is 0.219. The molecule has 646 valence electrons. The van der Waals surface area contributed by atoms with Crippen LogP contribution in [0.2, 0.25) is 0 Å². The Morgan fingerprint density at radius 3 is 1.10 bits per heavy atom. The van der Waals surface area contributed by atoms with E-state index in [1.165, 1.54) is 19.1 Å². The molecule has 4 atom stereocenters. The van der Waals surface area contributed by atoms with E-state index in [0.29, 0.717) is 99.8 Å². The molecule has 0 saturated heterocycles. The summed E-state index contributed by atoms with van der Waals surface area (Å²) in [5.41, 5.74) is 17.7. The number of carbonyl (C=O) groups excluding carboxylic acids is 5. The second kappa shape index (κ2) is 46.1. The molecule has 3 aromatic heterocycles. The van der Waals surface area contributed by atoms with Crippen LogP contribution in [0.3, 0.4) is 0 Å². The zero-order valence-electron chi connectivity index (χ0n) is 68.5. The molecule has 126 heavy (non-hydrogen) atoms. The number of ether oxygens (including phenoxy) is 3. The average Bonchev–Trinajstić information content (AvgIpc) is 1.61. The van der Waals surface area contributed by atoms with Crippen molar-refractivity contribution >= 4 is 121 Å². The van der Waals surface area contributed by atoms with Crippen molar-refractivity contribution in [1.29, 1.82) is 5.26 Å². The molecule has 0 radical (unpaired) electrons. The van der Waals surface area contributed by atoms with Gasteiger partial charge >= 0.3 is 0 Å². The molecule has 11 aromatic carbocycles. The number of alkyl halides is 4. The average molecular weight is 1780 g/mol. The van der Waals surface area contributed by atoms with E-state index in [1.54, 1.807) is 42.5 Å². The molecule has 18 rings (SSSR count). The lowest BCUT2D eigenvalue weighted by Crippen LogP contribution is -2.40. The van der Waals surface area contributed by atoms with Gasteiger partial charge in [0.15, 0.2) is 0 Å². The first kappa shape index (κ1) is 92.2. The van der Waals surface area contributed by atoms with Crippen molar-refractivity contribution in [3.63, 3.8) is 0 Å². The van der Waals surface area contributed by atoms with Gasteiger partial charge in [0.1, 0.15) is 29.4 Å². The molecule has 26 nitrogen and oxygen atoms in total. The standard InChI is InChI=1S/C25H22ClN3O2.C25H23N3O3.C18H16ClN3O2.C17H17N3O4.C8H8O2.C2H3N.CH2Cl2/c26-13-17-9-11-19(12-10-17)24-28-22-8-4-7-21-23(22)29(24)14-20(27-25(21)30)16-31-15-18-5-2-1-3-6-18;29-14-17-9-11-19(12-10-17)24-27-22-8-4-7-21-23(22)28(24)13-20(26-25(21)30)16-31-15-18-5-2-1-3-6-18;19-8-11-4-6-12(7-5-11)17-21-15-3-1-2-14-16(15)22(17)9-13(10-23)20-18(14)24;21-17-14-7-4-8-15(20(22)23)16(14)18-9-13(19-17)11-24-10-12-5-2-1-3-6-12;9-5-7-1-2-8(6-10)4-3-7;1-2-3;2-1-3/h1-12,20H,13-16H2,(H,27,30);1-12,20,29H,13-16H2,(H,26,30);1-7,13,23H,8-10H2,(H,20,24);1-8,13,18H,9-11H2,(H,19,21);1-5,10H,6H2;1H3;1H2/t2*20-;2*13-;;;/m1111.../s1. The lowest BCUT2D eigenvalue weighted by atomic mass is 10.1. The number of anilines is 1. The number of para-hydroxylation sites is 4. The molecule has 0 unspecified atom stereocenters. The van der Waals surface area contributed by atoms with Gasteiger partial charge < -0.3 is 69.8 Å². The maximum absolute atomic E-state index is 12.9. The Hall–Kier alpha value is -13.0. The molecule has 4 aliphatic heterocycles. The highest BCUT2D eigenvalue weighted by Crippen LogP contribution is 2.35. The number of fused-ring (bicyclic) bond motifs is 1. The number of aldehydes is 1. The molecular weight excluding hydrogens is 1680 g/mol. The predicted octanol–water partition coefficient (Wildman–Crippen LogP) is 16.1. The first-order chi connectivity index (χ1) is 61.5. The third-order valence-electron chi connectivity index (χ3n) is 20.5. The molecule has 4 aliphatic rings. The molecule has 14 aromatic rings. The third kappa shape index (κ3) is 23.7. The number of hydrogen-bond donors (Lipinski definition) is 8. The fourth-order valence-corrected chi connectivity index (χ4v) is 14.9. The van der Waals surface area contributed by atoms with Crippen molar-refractivity contribution in [2.75, 3.05) is 43.6 Å². The van der Waals surface area contributed by atoms with E-state index in [1.807, 2.05) is 217 Å². The zero-order chi connectivity index (χ0) is 88.9. The van der Waals surface area contributed by atoms with Crippen molar-refractivity contribution < 1.29 is 58.4 Å². The maximum Gasteiger partial charge on any atom is 0.293 e.